The van der Waals surface area contributed by atoms with Crippen molar-refractivity contribution >= 4 is 21.6 Å². The van der Waals surface area contributed by atoms with Gasteiger partial charge in [-0.05, 0) is 73.2 Å². The van der Waals surface area contributed by atoms with Crippen LogP contribution in [-0.2, 0) is 10.0 Å². The van der Waals surface area contributed by atoms with Crippen molar-refractivity contribution in [3.63, 3.8) is 0 Å². The molecule has 1 amide bonds. The Balaban J connectivity index is 1.61. The van der Waals surface area contributed by atoms with Crippen LogP contribution < -0.4 is 14.8 Å². The molecule has 1 unspecified atom stereocenters. The average molecular weight is 459 g/mol. The van der Waals surface area contributed by atoms with E-state index in [4.69, 9.17) is 4.74 Å². The highest BCUT2D eigenvalue weighted by molar-refractivity contribution is 7.92. The fourth-order valence-corrected chi connectivity index (χ4v) is 3.97. The van der Waals surface area contributed by atoms with E-state index >= 15 is 0 Å². The van der Waals surface area contributed by atoms with Gasteiger partial charge < -0.3 is 15.2 Å². The van der Waals surface area contributed by atoms with Crippen molar-refractivity contribution < 1.29 is 27.4 Å². The van der Waals surface area contributed by atoms with Crippen LogP contribution in [-0.4, -0.2) is 32.6 Å². The van der Waals surface area contributed by atoms with E-state index in [-0.39, 0.29) is 17.0 Å². The molecule has 0 bridgehead atoms. The Hall–Kier alpha value is -3.43. The summed E-state index contributed by atoms with van der Waals surface area (Å²) in [6, 6.07) is 17.3. The summed E-state index contributed by atoms with van der Waals surface area (Å²) in [4.78, 5) is 12.3. The number of carbonyl (C=O) groups is 1. The van der Waals surface area contributed by atoms with Crippen LogP contribution in [0.15, 0.2) is 77.7 Å². The summed E-state index contributed by atoms with van der Waals surface area (Å²) in [6.45, 7) is 2.24. The molecule has 0 heterocycles. The Morgan fingerprint density at radius 2 is 1.75 bits per heavy atom. The lowest BCUT2D eigenvalue weighted by atomic mass is 10.1. The topological polar surface area (TPSA) is 105 Å². The molecule has 1 atom stereocenters. The molecule has 3 N–H and O–H groups in total. The number of aliphatic hydroxyl groups is 1. The van der Waals surface area contributed by atoms with E-state index in [9.17, 15) is 22.7 Å². The molecule has 0 aliphatic carbocycles. The van der Waals surface area contributed by atoms with Crippen LogP contribution in [0.25, 0.3) is 0 Å². The Kier molecular flexibility index (Phi) is 7.45. The molecule has 0 aliphatic rings. The van der Waals surface area contributed by atoms with Crippen LogP contribution in [0.4, 0.5) is 10.1 Å². The van der Waals surface area contributed by atoms with Gasteiger partial charge >= 0.3 is 0 Å². The number of rotatable bonds is 9. The number of anilines is 1. The second-order valence-electron chi connectivity index (χ2n) is 6.87. The average Bonchev–Trinajstić information content (AvgIpc) is 2.78. The van der Waals surface area contributed by atoms with Crippen LogP contribution >= 0.6 is 0 Å². The highest BCUT2D eigenvalue weighted by Crippen LogP contribution is 2.20. The van der Waals surface area contributed by atoms with Gasteiger partial charge in [-0.3, -0.25) is 9.52 Å². The molecule has 0 aromatic heterocycles. The molecular formula is C23H23FN2O5S. The number of nitrogens with one attached hydrogen (secondary N) is 2. The molecule has 0 spiro atoms. The summed E-state index contributed by atoms with van der Waals surface area (Å²) in [6.07, 6.45) is -1.08. The van der Waals surface area contributed by atoms with E-state index in [1.54, 1.807) is 30.3 Å². The number of hydrogen-bond donors (Lipinski definition) is 3. The molecule has 168 valence electrons. The minimum absolute atomic E-state index is 0.0114. The molecule has 3 aromatic carbocycles. The fraction of sp³-hybridized carbons (Fsp3) is 0.174. The quantitative estimate of drug-likeness (QED) is 0.455. The van der Waals surface area contributed by atoms with Crippen molar-refractivity contribution in [2.24, 2.45) is 0 Å². The summed E-state index contributed by atoms with van der Waals surface area (Å²) in [7, 11) is -3.84. The highest BCUT2D eigenvalue weighted by Gasteiger charge is 2.16. The smallest absolute Gasteiger partial charge is 0.261 e. The van der Waals surface area contributed by atoms with E-state index in [0.717, 1.165) is 0 Å². The first-order valence-corrected chi connectivity index (χ1v) is 11.3. The first-order chi connectivity index (χ1) is 15.3. The van der Waals surface area contributed by atoms with E-state index in [0.29, 0.717) is 23.6 Å². The van der Waals surface area contributed by atoms with Crippen molar-refractivity contribution in [2.45, 2.75) is 17.9 Å². The van der Waals surface area contributed by atoms with Gasteiger partial charge in [-0.2, -0.15) is 0 Å². The monoisotopic (exact) mass is 458 g/mol. The third kappa shape index (κ3) is 6.05. The van der Waals surface area contributed by atoms with Crippen molar-refractivity contribution in [1.82, 2.24) is 5.32 Å². The van der Waals surface area contributed by atoms with E-state index in [2.05, 4.69) is 10.0 Å². The van der Waals surface area contributed by atoms with E-state index in [1.807, 2.05) is 6.92 Å². The molecule has 0 saturated heterocycles. The summed E-state index contributed by atoms with van der Waals surface area (Å²) < 4.78 is 46.2. The van der Waals surface area contributed by atoms with Crippen molar-refractivity contribution in [3.05, 3.63) is 89.7 Å². The maximum Gasteiger partial charge on any atom is 0.261 e. The molecular weight excluding hydrogens is 435 g/mol. The van der Waals surface area contributed by atoms with Crippen molar-refractivity contribution in [3.8, 4) is 5.75 Å². The minimum Gasteiger partial charge on any atom is -0.494 e. The van der Waals surface area contributed by atoms with Gasteiger partial charge in [0.05, 0.1) is 17.6 Å². The first-order valence-electron chi connectivity index (χ1n) is 9.86. The third-order valence-electron chi connectivity index (χ3n) is 4.53. The first kappa shape index (κ1) is 23.2. The van der Waals surface area contributed by atoms with Crippen LogP contribution in [0.1, 0.15) is 28.9 Å². The molecule has 7 nitrogen and oxygen atoms in total. The summed E-state index contributed by atoms with van der Waals surface area (Å²) in [5.74, 6) is -0.347. The molecule has 0 fully saturated rings. The maximum absolute atomic E-state index is 13.3. The summed E-state index contributed by atoms with van der Waals surface area (Å²) in [5.41, 5.74) is 0.935. The lowest BCUT2D eigenvalue weighted by Crippen LogP contribution is -2.28. The molecule has 9 heteroatoms. The van der Waals surface area contributed by atoms with Crippen LogP contribution in [0.3, 0.4) is 0 Å². The number of halogens is 1. The van der Waals surface area contributed by atoms with Crippen LogP contribution in [0, 0.1) is 5.82 Å². The number of carbonyl (C=O) groups excluding carboxylic acids is 1. The predicted octanol–water partition coefficient (Wildman–Crippen LogP) is 3.49. The van der Waals surface area contributed by atoms with Gasteiger partial charge in [0.15, 0.2) is 0 Å². The summed E-state index contributed by atoms with van der Waals surface area (Å²) in [5, 5.41) is 12.6. The third-order valence-corrected chi connectivity index (χ3v) is 5.93. The van der Waals surface area contributed by atoms with Gasteiger partial charge in [0.2, 0.25) is 0 Å². The minimum atomic E-state index is -3.84. The SMILES string of the molecule is CCOc1ccc(NS(=O)(=O)c2ccc(C(=O)NCC(O)c3cccc(F)c3)cc2)cc1. The molecule has 0 saturated carbocycles. The van der Waals surface area contributed by atoms with Gasteiger partial charge in [0.25, 0.3) is 15.9 Å². The molecule has 0 radical (unpaired) electrons. The van der Waals surface area contributed by atoms with E-state index < -0.39 is 27.9 Å². The van der Waals surface area contributed by atoms with E-state index in [1.165, 1.54) is 42.5 Å². The largest absolute Gasteiger partial charge is 0.494 e. The standard InChI is InChI=1S/C23H23FN2O5S/c1-2-31-20-10-8-19(9-11-20)26-32(29,30)21-12-6-16(7-13-21)23(28)25-15-22(27)17-4-3-5-18(24)14-17/h3-14,22,26-27H,2,15H2,1H3,(H,25,28). The number of benzene rings is 3. The number of ether oxygens (including phenoxy) is 1. The summed E-state index contributed by atoms with van der Waals surface area (Å²) >= 11 is 0. The Labute approximate surface area is 185 Å². The zero-order valence-electron chi connectivity index (χ0n) is 17.3. The normalized spacial score (nSPS) is 12.1. The molecule has 3 rings (SSSR count). The zero-order valence-corrected chi connectivity index (χ0v) is 18.1. The Bertz CT molecular complexity index is 1170. The van der Waals surface area contributed by atoms with Gasteiger partial charge in [0.1, 0.15) is 11.6 Å². The number of aliphatic hydroxyl groups excluding tert-OH is 1. The molecule has 0 aliphatic heterocycles. The van der Waals surface area contributed by atoms with Gasteiger partial charge in [0, 0.05) is 17.8 Å². The van der Waals surface area contributed by atoms with Crippen molar-refractivity contribution in [1.29, 1.82) is 0 Å². The lowest BCUT2D eigenvalue weighted by molar-refractivity contribution is 0.0916. The second-order valence-corrected chi connectivity index (χ2v) is 8.55. The molecule has 3 aromatic rings. The van der Waals surface area contributed by atoms with Crippen LogP contribution in [0.2, 0.25) is 0 Å². The van der Waals surface area contributed by atoms with Crippen molar-refractivity contribution in [2.75, 3.05) is 17.9 Å². The molecule has 32 heavy (non-hydrogen) atoms. The van der Waals surface area contributed by atoms with Crippen LogP contribution in [0.5, 0.6) is 5.75 Å². The highest BCUT2D eigenvalue weighted by atomic mass is 32.2. The van der Waals surface area contributed by atoms with Gasteiger partial charge in [-0.15, -0.1) is 0 Å². The number of amides is 1. The number of hydrogen-bond acceptors (Lipinski definition) is 5. The van der Waals surface area contributed by atoms with Gasteiger partial charge in [-0.25, -0.2) is 12.8 Å². The zero-order chi connectivity index (χ0) is 23.1. The second kappa shape index (κ2) is 10.3. The lowest BCUT2D eigenvalue weighted by Gasteiger charge is -2.13. The maximum atomic E-state index is 13.3. The van der Waals surface area contributed by atoms with Gasteiger partial charge in [-0.1, -0.05) is 12.1 Å². The Morgan fingerprint density at radius 1 is 1.06 bits per heavy atom. The predicted molar refractivity (Wildman–Crippen MR) is 119 cm³/mol. The number of sulfonamides is 1. The fourth-order valence-electron chi connectivity index (χ4n) is 2.91. The Morgan fingerprint density at radius 3 is 2.38 bits per heavy atom.